The van der Waals surface area contributed by atoms with Crippen molar-refractivity contribution in [3.63, 3.8) is 0 Å². The maximum atomic E-state index is 12.3. The number of hydrogen-bond donors (Lipinski definition) is 1. The summed E-state index contributed by atoms with van der Waals surface area (Å²) in [5.41, 5.74) is 1.50. The van der Waals surface area contributed by atoms with Crippen molar-refractivity contribution in [3.05, 3.63) is 59.7 Å². The van der Waals surface area contributed by atoms with Gasteiger partial charge in [-0.15, -0.1) is 0 Å². The predicted octanol–water partition coefficient (Wildman–Crippen LogP) is 4.36. The summed E-state index contributed by atoms with van der Waals surface area (Å²) in [5, 5.41) is 2.92. The van der Waals surface area contributed by atoms with Crippen molar-refractivity contribution in [2.45, 2.75) is 45.4 Å². The molecular weight excluding hydrogens is 370 g/mol. The van der Waals surface area contributed by atoms with Crippen molar-refractivity contribution in [1.82, 2.24) is 5.32 Å². The van der Waals surface area contributed by atoms with Crippen LogP contribution in [0.2, 0.25) is 0 Å². The molecule has 0 radical (unpaired) electrons. The van der Waals surface area contributed by atoms with Crippen LogP contribution < -0.4 is 14.8 Å². The molecule has 0 unspecified atom stereocenters. The van der Waals surface area contributed by atoms with E-state index in [0.29, 0.717) is 31.1 Å². The first-order valence-electron chi connectivity index (χ1n) is 9.63. The van der Waals surface area contributed by atoms with E-state index >= 15 is 0 Å². The minimum Gasteiger partial charge on any atom is -0.493 e. The first kappa shape index (κ1) is 22.6. The molecule has 6 heteroatoms. The normalized spacial score (nSPS) is 12.2. The van der Waals surface area contributed by atoms with E-state index in [1.165, 1.54) is 0 Å². The fraction of sp³-hybridized carbons (Fsp3) is 0.435. The van der Waals surface area contributed by atoms with Crippen LogP contribution in [0.5, 0.6) is 11.5 Å². The molecule has 0 aliphatic rings. The molecule has 0 fully saturated rings. The van der Waals surface area contributed by atoms with Crippen molar-refractivity contribution in [3.8, 4) is 11.5 Å². The van der Waals surface area contributed by atoms with Gasteiger partial charge in [-0.1, -0.05) is 36.4 Å². The van der Waals surface area contributed by atoms with E-state index in [1.807, 2.05) is 69.3 Å². The highest BCUT2D eigenvalue weighted by atomic mass is 16.6. The molecule has 0 bridgehead atoms. The average Bonchev–Trinajstić information content (AvgIpc) is 2.67. The molecule has 1 atom stereocenters. The fourth-order valence-electron chi connectivity index (χ4n) is 2.81. The first-order valence-corrected chi connectivity index (χ1v) is 9.63. The number of alkyl carbamates (subject to hydrolysis) is 1. The summed E-state index contributed by atoms with van der Waals surface area (Å²) in [5.74, 6) is 1.31. The van der Waals surface area contributed by atoms with Gasteiger partial charge >= 0.3 is 6.09 Å². The van der Waals surface area contributed by atoms with E-state index in [4.69, 9.17) is 18.9 Å². The van der Waals surface area contributed by atoms with Gasteiger partial charge in [0.2, 0.25) is 0 Å². The molecular formula is C23H31NO5. The number of carbonyl (C=O) groups is 1. The van der Waals surface area contributed by atoms with Crippen LogP contribution in [-0.2, 0) is 22.5 Å². The van der Waals surface area contributed by atoms with Gasteiger partial charge in [-0.2, -0.15) is 0 Å². The molecule has 0 aliphatic heterocycles. The second-order valence-corrected chi connectivity index (χ2v) is 7.74. The molecule has 2 rings (SSSR count). The minimum atomic E-state index is -0.567. The number of ether oxygens (including phenoxy) is 4. The molecule has 29 heavy (non-hydrogen) atoms. The Labute approximate surface area is 173 Å². The number of rotatable bonds is 9. The molecule has 0 aliphatic carbocycles. The molecule has 0 aromatic heterocycles. The van der Waals surface area contributed by atoms with Crippen LogP contribution in [0.3, 0.4) is 0 Å². The van der Waals surface area contributed by atoms with Gasteiger partial charge in [-0.05, 0) is 50.5 Å². The summed E-state index contributed by atoms with van der Waals surface area (Å²) in [6.45, 7) is 6.33. The summed E-state index contributed by atoms with van der Waals surface area (Å²) >= 11 is 0. The zero-order valence-electron chi connectivity index (χ0n) is 17.9. The molecule has 1 N–H and O–H groups in total. The monoisotopic (exact) mass is 401 g/mol. The van der Waals surface area contributed by atoms with Gasteiger partial charge in [-0.25, -0.2) is 4.79 Å². The zero-order valence-corrected chi connectivity index (χ0v) is 17.9. The standard InChI is InChI=1S/C23H31NO5/c1-23(2,3)29-22(25)24-19(16-28-15-17-9-7-6-8-10-17)13-18-11-12-20(26-4)21(14-18)27-5/h6-12,14,19H,13,15-16H2,1-5H3,(H,24,25)/t19-/m0/s1. The average molecular weight is 402 g/mol. The van der Waals surface area contributed by atoms with E-state index in [0.717, 1.165) is 11.1 Å². The van der Waals surface area contributed by atoms with Gasteiger partial charge < -0.3 is 24.3 Å². The number of benzene rings is 2. The molecule has 1 amide bonds. The lowest BCUT2D eigenvalue weighted by Gasteiger charge is -2.24. The summed E-state index contributed by atoms with van der Waals surface area (Å²) in [6.07, 6.45) is 0.0975. The van der Waals surface area contributed by atoms with Gasteiger partial charge in [0, 0.05) is 0 Å². The van der Waals surface area contributed by atoms with Gasteiger partial charge in [0.05, 0.1) is 33.5 Å². The van der Waals surface area contributed by atoms with Crippen LogP contribution in [0, 0.1) is 0 Å². The second kappa shape index (κ2) is 10.7. The summed E-state index contributed by atoms with van der Waals surface area (Å²) in [7, 11) is 3.20. The van der Waals surface area contributed by atoms with Crippen LogP contribution in [0.25, 0.3) is 0 Å². The molecule has 158 valence electrons. The Morgan fingerprint density at radius 1 is 0.966 bits per heavy atom. The van der Waals surface area contributed by atoms with Gasteiger partial charge in [-0.3, -0.25) is 0 Å². The Balaban J connectivity index is 2.05. The Morgan fingerprint density at radius 3 is 2.28 bits per heavy atom. The summed E-state index contributed by atoms with van der Waals surface area (Å²) in [6, 6.07) is 15.4. The highest BCUT2D eigenvalue weighted by Gasteiger charge is 2.20. The molecule has 2 aromatic rings. The van der Waals surface area contributed by atoms with E-state index in [-0.39, 0.29) is 6.04 Å². The topological polar surface area (TPSA) is 66.0 Å². The van der Waals surface area contributed by atoms with Crippen LogP contribution >= 0.6 is 0 Å². The number of hydrogen-bond acceptors (Lipinski definition) is 5. The molecule has 0 saturated carbocycles. The Bertz CT molecular complexity index is 771. The van der Waals surface area contributed by atoms with Crippen molar-refractivity contribution >= 4 is 6.09 Å². The largest absolute Gasteiger partial charge is 0.493 e. The fourth-order valence-corrected chi connectivity index (χ4v) is 2.81. The molecule has 2 aromatic carbocycles. The lowest BCUT2D eigenvalue weighted by molar-refractivity contribution is 0.0429. The quantitative estimate of drug-likeness (QED) is 0.676. The number of carbonyl (C=O) groups excluding carboxylic acids is 1. The Hall–Kier alpha value is -2.73. The molecule has 6 nitrogen and oxygen atoms in total. The van der Waals surface area contributed by atoms with Crippen LogP contribution in [0.4, 0.5) is 4.79 Å². The molecule has 0 heterocycles. The van der Waals surface area contributed by atoms with E-state index < -0.39 is 11.7 Å². The van der Waals surface area contributed by atoms with E-state index in [9.17, 15) is 4.79 Å². The summed E-state index contributed by atoms with van der Waals surface area (Å²) in [4.78, 5) is 12.3. The third-order valence-electron chi connectivity index (χ3n) is 4.08. The van der Waals surface area contributed by atoms with Gasteiger partial charge in [0.1, 0.15) is 5.60 Å². The number of methoxy groups -OCH3 is 2. The Kier molecular flexibility index (Phi) is 8.34. The van der Waals surface area contributed by atoms with Gasteiger partial charge in [0.15, 0.2) is 11.5 Å². The first-order chi connectivity index (χ1) is 13.8. The molecule has 0 spiro atoms. The third kappa shape index (κ3) is 8.03. The predicted molar refractivity (Wildman–Crippen MR) is 113 cm³/mol. The lowest BCUT2D eigenvalue weighted by atomic mass is 10.1. The highest BCUT2D eigenvalue weighted by molar-refractivity contribution is 5.68. The highest BCUT2D eigenvalue weighted by Crippen LogP contribution is 2.28. The Morgan fingerprint density at radius 2 is 1.66 bits per heavy atom. The number of amides is 1. The smallest absolute Gasteiger partial charge is 0.407 e. The lowest BCUT2D eigenvalue weighted by Crippen LogP contribution is -2.42. The van der Waals surface area contributed by atoms with Crippen molar-refractivity contribution < 1.29 is 23.7 Å². The molecule has 0 saturated heterocycles. The van der Waals surface area contributed by atoms with Crippen LogP contribution in [-0.4, -0.2) is 38.6 Å². The van der Waals surface area contributed by atoms with E-state index in [2.05, 4.69) is 5.32 Å². The SMILES string of the molecule is COc1ccc(C[C@@H](COCc2ccccc2)NC(=O)OC(C)(C)C)cc1OC. The maximum Gasteiger partial charge on any atom is 0.407 e. The van der Waals surface area contributed by atoms with Crippen molar-refractivity contribution in [1.29, 1.82) is 0 Å². The maximum absolute atomic E-state index is 12.3. The van der Waals surface area contributed by atoms with Gasteiger partial charge in [0.25, 0.3) is 0 Å². The third-order valence-corrected chi connectivity index (χ3v) is 4.08. The second-order valence-electron chi connectivity index (χ2n) is 7.74. The van der Waals surface area contributed by atoms with Crippen molar-refractivity contribution in [2.75, 3.05) is 20.8 Å². The van der Waals surface area contributed by atoms with Crippen LogP contribution in [0.15, 0.2) is 48.5 Å². The van der Waals surface area contributed by atoms with E-state index in [1.54, 1.807) is 14.2 Å². The zero-order chi connectivity index (χ0) is 21.3. The minimum absolute atomic E-state index is 0.258. The van der Waals surface area contributed by atoms with Crippen molar-refractivity contribution in [2.24, 2.45) is 0 Å². The van der Waals surface area contributed by atoms with Crippen LogP contribution in [0.1, 0.15) is 31.9 Å². The number of nitrogens with one attached hydrogen (secondary N) is 1. The summed E-state index contributed by atoms with van der Waals surface area (Å²) < 4.78 is 21.9.